The maximum atomic E-state index is 13.4. The van der Waals surface area contributed by atoms with Gasteiger partial charge in [-0.3, -0.25) is 14.7 Å². The molecule has 170 valence electrons. The van der Waals surface area contributed by atoms with Crippen LogP contribution in [0.1, 0.15) is 62.8 Å². The second-order valence-corrected chi connectivity index (χ2v) is 10.1. The van der Waals surface area contributed by atoms with Gasteiger partial charge in [0.2, 0.25) is 11.8 Å². The van der Waals surface area contributed by atoms with Gasteiger partial charge in [0.1, 0.15) is 6.04 Å². The number of carbonyl (C=O) groups is 2. The minimum absolute atomic E-state index is 0.0661. The Morgan fingerprint density at radius 1 is 0.969 bits per heavy atom. The van der Waals surface area contributed by atoms with E-state index in [1.54, 1.807) is 0 Å². The number of rotatable bonds is 8. The van der Waals surface area contributed by atoms with E-state index in [9.17, 15) is 9.59 Å². The minimum Gasteiger partial charge on any atom is -0.344 e. The first kappa shape index (κ1) is 21.2. The summed E-state index contributed by atoms with van der Waals surface area (Å²) in [5.41, 5.74) is 4.94. The van der Waals surface area contributed by atoms with Crippen molar-refractivity contribution in [1.29, 1.82) is 0 Å². The van der Waals surface area contributed by atoms with E-state index in [-0.39, 0.29) is 23.7 Å². The lowest BCUT2D eigenvalue weighted by Crippen LogP contribution is -2.51. The largest absolute Gasteiger partial charge is 0.344 e. The number of nitrogens with one attached hydrogen (secondary N) is 3. The average molecular weight is 435 g/mol. The van der Waals surface area contributed by atoms with Crippen LogP contribution in [0.3, 0.4) is 0 Å². The highest BCUT2D eigenvalue weighted by molar-refractivity contribution is 5.98. The van der Waals surface area contributed by atoms with Crippen LogP contribution in [0.2, 0.25) is 0 Å². The molecule has 1 aromatic heterocycles. The molecule has 1 heterocycles. The summed E-state index contributed by atoms with van der Waals surface area (Å²) in [6, 6.07) is 7.50. The number of nitrogens with zero attached hydrogens (tertiary/aromatic N) is 1. The fourth-order valence-electron chi connectivity index (χ4n) is 5.60. The van der Waals surface area contributed by atoms with Crippen molar-refractivity contribution in [1.82, 2.24) is 15.5 Å². The number of anilines is 1. The van der Waals surface area contributed by atoms with E-state index < -0.39 is 6.04 Å². The molecule has 32 heavy (non-hydrogen) atoms. The van der Waals surface area contributed by atoms with Crippen LogP contribution in [0.15, 0.2) is 24.3 Å². The minimum atomic E-state index is -0.430. The molecule has 2 amide bonds. The maximum absolute atomic E-state index is 13.4. The summed E-state index contributed by atoms with van der Waals surface area (Å²) in [6.07, 6.45) is 8.87. The summed E-state index contributed by atoms with van der Waals surface area (Å²) < 4.78 is 0. The Hall–Kier alpha value is -2.63. The predicted molar refractivity (Wildman–Crippen MR) is 125 cm³/mol. The molecule has 5 rings (SSSR count). The predicted octanol–water partition coefficient (Wildman–Crippen LogP) is 4.74. The number of benzene rings is 1. The second-order valence-electron chi connectivity index (χ2n) is 10.1. The van der Waals surface area contributed by atoms with Crippen LogP contribution in [0.4, 0.5) is 5.69 Å². The van der Waals surface area contributed by atoms with Gasteiger partial charge in [0.25, 0.3) is 0 Å². The molecule has 0 radical (unpaired) electrons. The Labute approximate surface area is 189 Å². The van der Waals surface area contributed by atoms with E-state index in [0.717, 1.165) is 53.9 Å². The van der Waals surface area contributed by atoms with Gasteiger partial charge in [-0.2, -0.15) is 5.10 Å². The van der Waals surface area contributed by atoms with Gasteiger partial charge in [-0.05, 0) is 87.8 Å². The van der Waals surface area contributed by atoms with E-state index in [2.05, 4.69) is 20.8 Å². The molecule has 6 heteroatoms. The first-order valence-corrected chi connectivity index (χ1v) is 12.2. The van der Waals surface area contributed by atoms with Crippen LogP contribution in [0.25, 0.3) is 11.1 Å². The van der Waals surface area contributed by atoms with E-state index in [1.165, 1.54) is 25.7 Å². The first-order chi connectivity index (χ1) is 15.5. The van der Waals surface area contributed by atoms with Gasteiger partial charge in [0, 0.05) is 22.9 Å². The van der Waals surface area contributed by atoms with Gasteiger partial charge in [-0.15, -0.1) is 0 Å². The highest BCUT2D eigenvalue weighted by Gasteiger charge is 2.48. The standard InChI is InChI=1S/C26H34N4O2/c1-15-22(16(2)30-29-15)17-11-13-21(14-12-17)27-26(32)24(23(18-7-8-18)19-9-10-19)28-25(31)20-5-3-4-6-20/h11-14,18-20,23-24H,3-10H2,1-2H3,(H,27,32)(H,28,31)(H,29,30)/t24-/m0/s1. The highest BCUT2D eigenvalue weighted by Crippen LogP contribution is 2.51. The Balaban J connectivity index is 1.32. The molecule has 0 aliphatic heterocycles. The van der Waals surface area contributed by atoms with Gasteiger partial charge in [-0.25, -0.2) is 0 Å². The maximum Gasteiger partial charge on any atom is 0.247 e. The Kier molecular flexibility index (Phi) is 5.78. The third-order valence-corrected chi connectivity index (χ3v) is 7.59. The van der Waals surface area contributed by atoms with Crippen molar-refractivity contribution in [2.45, 2.75) is 71.3 Å². The molecule has 1 atom stereocenters. The summed E-state index contributed by atoms with van der Waals surface area (Å²) in [4.78, 5) is 26.4. The summed E-state index contributed by atoms with van der Waals surface area (Å²) in [6.45, 7) is 4.00. The Morgan fingerprint density at radius 3 is 2.12 bits per heavy atom. The molecule has 0 unspecified atom stereocenters. The van der Waals surface area contributed by atoms with Crippen molar-refractivity contribution in [2.24, 2.45) is 23.7 Å². The molecule has 0 saturated heterocycles. The number of H-pyrrole nitrogens is 1. The second kappa shape index (κ2) is 8.72. The molecule has 6 nitrogen and oxygen atoms in total. The quantitative estimate of drug-likeness (QED) is 0.561. The SMILES string of the molecule is Cc1n[nH]c(C)c1-c1ccc(NC(=O)[C@@H](NC(=O)C2CCCC2)C(C2CC2)C2CC2)cc1. The van der Waals surface area contributed by atoms with Crippen LogP contribution in [0, 0.1) is 37.5 Å². The molecule has 0 bridgehead atoms. The molecule has 3 N–H and O–H groups in total. The van der Waals surface area contributed by atoms with Gasteiger partial charge in [0.05, 0.1) is 5.69 Å². The molecular weight excluding hydrogens is 400 g/mol. The van der Waals surface area contributed by atoms with E-state index >= 15 is 0 Å². The van der Waals surface area contributed by atoms with Crippen molar-refractivity contribution in [3.63, 3.8) is 0 Å². The molecular formula is C26H34N4O2. The lowest BCUT2D eigenvalue weighted by atomic mass is 9.88. The van der Waals surface area contributed by atoms with Crippen LogP contribution < -0.4 is 10.6 Å². The number of hydrogen-bond donors (Lipinski definition) is 3. The van der Waals surface area contributed by atoms with Crippen molar-refractivity contribution in [3.8, 4) is 11.1 Å². The Morgan fingerprint density at radius 2 is 1.59 bits per heavy atom. The van der Waals surface area contributed by atoms with Crippen LogP contribution >= 0.6 is 0 Å². The van der Waals surface area contributed by atoms with Gasteiger partial charge >= 0.3 is 0 Å². The monoisotopic (exact) mass is 434 g/mol. The lowest BCUT2D eigenvalue weighted by Gasteiger charge is -2.28. The Bertz CT molecular complexity index is 950. The summed E-state index contributed by atoms with van der Waals surface area (Å²) >= 11 is 0. The van der Waals surface area contributed by atoms with E-state index in [0.29, 0.717) is 11.8 Å². The first-order valence-electron chi connectivity index (χ1n) is 12.2. The lowest BCUT2D eigenvalue weighted by molar-refractivity contribution is -0.130. The topological polar surface area (TPSA) is 86.9 Å². The summed E-state index contributed by atoms with van der Waals surface area (Å²) in [5.74, 6) is 1.52. The molecule has 3 saturated carbocycles. The average Bonchev–Trinajstić information content (AvgIpc) is 3.71. The number of aryl methyl sites for hydroxylation is 2. The van der Waals surface area contributed by atoms with Crippen LogP contribution in [-0.2, 0) is 9.59 Å². The van der Waals surface area contributed by atoms with Crippen molar-refractivity contribution < 1.29 is 9.59 Å². The third kappa shape index (κ3) is 4.45. The van der Waals surface area contributed by atoms with Gasteiger partial charge < -0.3 is 10.6 Å². The summed E-state index contributed by atoms with van der Waals surface area (Å²) in [7, 11) is 0. The summed E-state index contributed by atoms with van der Waals surface area (Å²) in [5, 5.41) is 13.6. The van der Waals surface area contributed by atoms with Crippen LogP contribution in [0.5, 0.6) is 0 Å². The van der Waals surface area contributed by atoms with Crippen LogP contribution in [-0.4, -0.2) is 28.1 Å². The third-order valence-electron chi connectivity index (χ3n) is 7.59. The highest BCUT2D eigenvalue weighted by atomic mass is 16.2. The van der Waals surface area contributed by atoms with Crippen molar-refractivity contribution >= 4 is 17.5 Å². The molecule has 0 spiro atoms. The van der Waals surface area contributed by atoms with E-state index in [4.69, 9.17) is 0 Å². The molecule has 3 aliphatic carbocycles. The fraction of sp³-hybridized carbons (Fsp3) is 0.577. The van der Waals surface area contributed by atoms with Gasteiger partial charge in [0.15, 0.2) is 0 Å². The molecule has 2 aromatic rings. The van der Waals surface area contributed by atoms with Crippen molar-refractivity contribution in [2.75, 3.05) is 5.32 Å². The fourth-order valence-corrected chi connectivity index (χ4v) is 5.60. The zero-order valence-corrected chi connectivity index (χ0v) is 19.1. The number of aromatic nitrogens is 2. The zero-order valence-electron chi connectivity index (χ0n) is 19.1. The zero-order chi connectivity index (χ0) is 22.2. The molecule has 3 aliphatic rings. The number of amides is 2. The van der Waals surface area contributed by atoms with Gasteiger partial charge in [-0.1, -0.05) is 25.0 Å². The number of hydrogen-bond acceptors (Lipinski definition) is 3. The number of aromatic amines is 1. The molecule has 1 aromatic carbocycles. The van der Waals surface area contributed by atoms with E-state index in [1.807, 2.05) is 38.1 Å². The normalized spacial score (nSPS) is 19.8. The smallest absolute Gasteiger partial charge is 0.247 e. The van der Waals surface area contributed by atoms with Crippen molar-refractivity contribution in [3.05, 3.63) is 35.7 Å². The molecule has 3 fully saturated rings. The number of carbonyl (C=O) groups excluding carboxylic acids is 2.